The van der Waals surface area contributed by atoms with Crippen molar-refractivity contribution in [2.24, 2.45) is 0 Å². The molecule has 6 nitrogen and oxygen atoms in total. The normalized spacial score (nSPS) is 10.9. The van der Waals surface area contributed by atoms with E-state index in [1.54, 1.807) is 7.11 Å². The van der Waals surface area contributed by atoms with Gasteiger partial charge >= 0.3 is 0 Å². The number of aryl methyl sites for hydroxylation is 2. The summed E-state index contributed by atoms with van der Waals surface area (Å²) in [5.74, 6) is 2.93. The summed E-state index contributed by atoms with van der Waals surface area (Å²) in [5.41, 5.74) is 3.25. The van der Waals surface area contributed by atoms with Crippen LogP contribution in [-0.2, 0) is 24.2 Å². The molecule has 0 saturated carbocycles. The number of imidazole rings is 1. The van der Waals surface area contributed by atoms with E-state index in [-0.39, 0.29) is 5.91 Å². The van der Waals surface area contributed by atoms with Gasteiger partial charge in [-0.15, -0.1) is 0 Å². The lowest BCUT2D eigenvalue weighted by molar-refractivity contribution is -0.120. The largest absolute Gasteiger partial charge is 0.497 e. The third-order valence-electron chi connectivity index (χ3n) is 6.44. The number of hydrogen-bond acceptors (Lipinski definition) is 4. The van der Waals surface area contributed by atoms with Crippen LogP contribution in [0.25, 0.3) is 11.0 Å². The first-order chi connectivity index (χ1) is 18.2. The number of unbranched alkanes of at least 4 members (excludes halogenated alkanes) is 3. The van der Waals surface area contributed by atoms with Gasteiger partial charge in [0, 0.05) is 19.5 Å². The second-order valence-corrected chi connectivity index (χ2v) is 9.22. The summed E-state index contributed by atoms with van der Waals surface area (Å²) in [6, 6.07) is 26.0. The molecule has 0 saturated heterocycles. The number of para-hydroxylation sites is 3. The van der Waals surface area contributed by atoms with Crippen LogP contribution in [0.1, 0.15) is 43.5 Å². The molecule has 37 heavy (non-hydrogen) atoms. The first kappa shape index (κ1) is 26.3. The number of nitrogens with zero attached hydrogens (tertiary/aromatic N) is 2. The van der Waals surface area contributed by atoms with Crippen LogP contribution in [0.2, 0.25) is 0 Å². The highest BCUT2D eigenvalue weighted by molar-refractivity contribution is 5.78. The molecule has 1 amide bonds. The summed E-state index contributed by atoms with van der Waals surface area (Å²) < 4.78 is 13.4. The lowest BCUT2D eigenvalue weighted by Gasteiger charge is -2.10. The van der Waals surface area contributed by atoms with E-state index in [4.69, 9.17) is 14.5 Å². The lowest BCUT2D eigenvalue weighted by Crippen LogP contribution is -2.26. The second-order valence-electron chi connectivity index (χ2n) is 9.22. The SMILES string of the molecule is COc1ccc(CC(=O)NCCCCCc2nc3ccccc3n2CCCCOc2ccccc2)cc1. The van der Waals surface area contributed by atoms with Gasteiger partial charge in [0.25, 0.3) is 0 Å². The molecule has 0 spiro atoms. The Balaban J connectivity index is 1.17. The summed E-state index contributed by atoms with van der Waals surface area (Å²) in [5, 5.41) is 3.04. The first-order valence-corrected chi connectivity index (χ1v) is 13.2. The molecule has 0 fully saturated rings. The van der Waals surface area contributed by atoms with Crippen molar-refractivity contribution in [2.75, 3.05) is 20.3 Å². The van der Waals surface area contributed by atoms with Crippen molar-refractivity contribution < 1.29 is 14.3 Å². The summed E-state index contributed by atoms with van der Waals surface area (Å²) in [6.07, 6.45) is 6.44. The fourth-order valence-electron chi connectivity index (χ4n) is 4.45. The van der Waals surface area contributed by atoms with Gasteiger partial charge in [-0.1, -0.05) is 48.9 Å². The zero-order chi connectivity index (χ0) is 25.7. The van der Waals surface area contributed by atoms with E-state index in [1.807, 2.05) is 60.7 Å². The summed E-state index contributed by atoms with van der Waals surface area (Å²) in [7, 11) is 1.64. The fraction of sp³-hybridized carbons (Fsp3) is 0.355. The minimum absolute atomic E-state index is 0.0585. The number of carbonyl (C=O) groups is 1. The number of benzene rings is 3. The van der Waals surface area contributed by atoms with Gasteiger partial charge in [-0.3, -0.25) is 4.79 Å². The molecule has 0 unspecified atom stereocenters. The van der Waals surface area contributed by atoms with Crippen molar-refractivity contribution in [3.8, 4) is 11.5 Å². The van der Waals surface area contributed by atoms with Crippen LogP contribution in [0.4, 0.5) is 0 Å². The maximum atomic E-state index is 12.2. The number of nitrogens with one attached hydrogen (secondary N) is 1. The smallest absolute Gasteiger partial charge is 0.224 e. The van der Waals surface area contributed by atoms with Crippen LogP contribution in [0.5, 0.6) is 11.5 Å². The Labute approximate surface area is 219 Å². The van der Waals surface area contributed by atoms with Crippen LogP contribution < -0.4 is 14.8 Å². The Morgan fingerprint density at radius 3 is 2.43 bits per heavy atom. The third-order valence-corrected chi connectivity index (χ3v) is 6.44. The monoisotopic (exact) mass is 499 g/mol. The van der Waals surface area contributed by atoms with E-state index in [0.717, 1.165) is 80.1 Å². The highest BCUT2D eigenvalue weighted by atomic mass is 16.5. The quantitative estimate of drug-likeness (QED) is 0.205. The highest BCUT2D eigenvalue weighted by Crippen LogP contribution is 2.19. The molecule has 1 heterocycles. The topological polar surface area (TPSA) is 65.4 Å². The van der Waals surface area contributed by atoms with Crippen molar-refractivity contribution in [3.05, 3.63) is 90.3 Å². The molecule has 4 rings (SSSR count). The summed E-state index contributed by atoms with van der Waals surface area (Å²) in [4.78, 5) is 17.1. The van der Waals surface area contributed by atoms with Gasteiger partial charge in [-0.25, -0.2) is 4.98 Å². The van der Waals surface area contributed by atoms with Gasteiger partial charge in [-0.2, -0.15) is 0 Å². The number of rotatable bonds is 15. The Morgan fingerprint density at radius 1 is 0.838 bits per heavy atom. The van der Waals surface area contributed by atoms with Gasteiger partial charge in [0.2, 0.25) is 5.91 Å². The number of hydrogen-bond donors (Lipinski definition) is 1. The van der Waals surface area contributed by atoms with E-state index >= 15 is 0 Å². The summed E-state index contributed by atoms with van der Waals surface area (Å²) in [6.45, 7) is 2.36. The van der Waals surface area contributed by atoms with Gasteiger partial charge in [0.15, 0.2) is 0 Å². The predicted molar refractivity (Wildman–Crippen MR) is 148 cm³/mol. The van der Waals surface area contributed by atoms with Gasteiger partial charge in [0.1, 0.15) is 17.3 Å². The molecule has 6 heteroatoms. The number of methoxy groups -OCH3 is 1. The number of amides is 1. The zero-order valence-corrected chi connectivity index (χ0v) is 21.7. The molecule has 0 bridgehead atoms. The second kappa shape index (κ2) is 14.1. The molecule has 1 N–H and O–H groups in total. The average molecular weight is 500 g/mol. The van der Waals surface area contributed by atoms with Crippen molar-refractivity contribution in [2.45, 2.75) is 51.5 Å². The first-order valence-electron chi connectivity index (χ1n) is 13.2. The Bertz CT molecular complexity index is 1240. The standard InChI is InChI=1S/C31H37N3O3/c1-36-26-19-17-25(18-20-26)24-31(35)32-21-9-3-6-16-30-33-28-14-7-8-15-29(28)34(30)22-10-11-23-37-27-12-4-2-5-13-27/h2,4-5,7-8,12-15,17-20H,3,6,9-11,16,21-24H2,1H3,(H,32,35). The Hall–Kier alpha value is -3.80. The van der Waals surface area contributed by atoms with Gasteiger partial charge < -0.3 is 19.4 Å². The molecular weight excluding hydrogens is 462 g/mol. The minimum Gasteiger partial charge on any atom is -0.497 e. The number of fused-ring (bicyclic) bond motifs is 1. The van der Waals surface area contributed by atoms with Crippen LogP contribution in [0, 0.1) is 0 Å². The molecule has 0 aliphatic rings. The van der Waals surface area contributed by atoms with Crippen molar-refractivity contribution in [3.63, 3.8) is 0 Å². The number of carbonyl (C=O) groups excluding carboxylic acids is 1. The highest BCUT2D eigenvalue weighted by Gasteiger charge is 2.10. The molecule has 0 radical (unpaired) electrons. The molecule has 0 aliphatic heterocycles. The van der Waals surface area contributed by atoms with Crippen LogP contribution in [0.15, 0.2) is 78.9 Å². The fourth-order valence-corrected chi connectivity index (χ4v) is 4.45. The Morgan fingerprint density at radius 2 is 1.62 bits per heavy atom. The van der Waals surface area contributed by atoms with Crippen LogP contribution in [-0.4, -0.2) is 35.7 Å². The number of aromatic nitrogens is 2. The zero-order valence-electron chi connectivity index (χ0n) is 21.7. The number of ether oxygens (including phenoxy) is 2. The predicted octanol–water partition coefficient (Wildman–Crippen LogP) is 5.98. The van der Waals surface area contributed by atoms with E-state index in [2.05, 4.69) is 28.1 Å². The van der Waals surface area contributed by atoms with Crippen LogP contribution >= 0.6 is 0 Å². The van der Waals surface area contributed by atoms with Crippen molar-refractivity contribution in [1.82, 2.24) is 14.9 Å². The van der Waals surface area contributed by atoms with Crippen molar-refractivity contribution in [1.29, 1.82) is 0 Å². The molecule has 1 aromatic heterocycles. The maximum absolute atomic E-state index is 12.2. The lowest BCUT2D eigenvalue weighted by atomic mass is 10.1. The maximum Gasteiger partial charge on any atom is 0.224 e. The molecule has 0 atom stereocenters. The van der Waals surface area contributed by atoms with Crippen molar-refractivity contribution >= 4 is 16.9 Å². The average Bonchev–Trinajstić information content (AvgIpc) is 3.28. The molecular formula is C31H37N3O3. The van der Waals surface area contributed by atoms with E-state index in [1.165, 1.54) is 5.52 Å². The van der Waals surface area contributed by atoms with E-state index in [0.29, 0.717) is 13.0 Å². The van der Waals surface area contributed by atoms with Gasteiger partial charge in [-0.05, 0) is 67.6 Å². The molecule has 4 aromatic rings. The summed E-state index contributed by atoms with van der Waals surface area (Å²) >= 11 is 0. The molecule has 0 aliphatic carbocycles. The van der Waals surface area contributed by atoms with Crippen LogP contribution in [0.3, 0.4) is 0 Å². The Kier molecular flexibility index (Phi) is 9.99. The van der Waals surface area contributed by atoms with E-state index < -0.39 is 0 Å². The minimum atomic E-state index is 0.0585. The van der Waals surface area contributed by atoms with Gasteiger partial charge in [0.05, 0.1) is 31.2 Å². The van der Waals surface area contributed by atoms with E-state index in [9.17, 15) is 4.79 Å². The molecule has 194 valence electrons. The third kappa shape index (κ3) is 8.10. The molecule has 3 aromatic carbocycles.